The number of rotatable bonds is 5. The van der Waals surface area contributed by atoms with Crippen molar-refractivity contribution in [2.45, 2.75) is 26.4 Å². The average molecular weight is 317 g/mol. The number of nitrogens with one attached hydrogen (secondary N) is 1. The molecule has 0 atom stereocenters. The van der Waals surface area contributed by atoms with Crippen LogP contribution in [0.3, 0.4) is 0 Å². The molecule has 0 aliphatic rings. The molecule has 5 heteroatoms. The number of carbonyl (C=O) groups is 1. The Morgan fingerprint density at radius 2 is 2.17 bits per heavy atom. The van der Waals surface area contributed by atoms with Crippen LogP contribution in [0, 0.1) is 5.82 Å². The number of benzene rings is 1. The van der Waals surface area contributed by atoms with Crippen molar-refractivity contribution in [3.8, 4) is 0 Å². The molecule has 0 radical (unpaired) electrons. The van der Waals surface area contributed by atoms with Crippen LogP contribution in [0.15, 0.2) is 22.7 Å². The first-order valence-corrected chi connectivity index (χ1v) is 6.61. The van der Waals surface area contributed by atoms with E-state index in [2.05, 4.69) is 21.2 Å². The Hall–Kier alpha value is -0.940. The molecule has 0 aromatic heterocycles. The maximum atomic E-state index is 13.0. The smallest absolute Gasteiger partial charge is 0.236 e. The molecular weight excluding hydrogens is 299 g/mol. The van der Waals surface area contributed by atoms with Crippen molar-refractivity contribution in [2.75, 3.05) is 13.6 Å². The zero-order valence-corrected chi connectivity index (χ0v) is 12.4. The Bertz CT molecular complexity index is 423. The zero-order valence-electron chi connectivity index (χ0n) is 10.8. The third kappa shape index (κ3) is 4.38. The summed E-state index contributed by atoms with van der Waals surface area (Å²) in [6.45, 7) is 4.62. The van der Waals surface area contributed by atoms with Crippen LogP contribution >= 0.6 is 15.9 Å². The van der Waals surface area contributed by atoms with Crippen LogP contribution in [0.1, 0.15) is 19.4 Å². The maximum Gasteiger partial charge on any atom is 0.236 e. The highest BCUT2D eigenvalue weighted by Gasteiger charge is 2.11. The minimum Gasteiger partial charge on any atom is -0.342 e. The lowest BCUT2D eigenvalue weighted by Gasteiger charge is -2.21. The predicted molar refractivity (Wildman–Crippen MR) is 73.7 cm³/mol. The van der Waals surface area contributed by atoms with Crippen LogP contribution < -0.4 is 5.32 Å². The third-order valence-electron chi connectivity index (χ3n) is 2.77. The molecule has 0 unspecified atom stereocenters. The number of likely N-dealkylation sites (N-methyl/N-ethyl adjacent to an activating group) is 1. The molecule has 0 aliphatic carbocycles. The molecule has 0 bridgehead atoms. The molecule has 0 saturated carbocycles. The fourth-order valence-electron chi connectivity index (χ4n) is 1.40. The Balaban J connectivity index is 2.47. The molecule has 0 spiro atoms. The summed E-state index contributed by atoms with van der Waals surface area (Å²) in [5, 5.41) is 3.02. The average Bonchev–Trinajstić information content (AvgIpc) is 2.32. The number of hydrogen-bond acceptors (Lipinski definition) is 2. The van der Waals surface area contributed by atoms with Gasteiger partial charge in [0.15, 0.2) is 0 Å². The fraction of sp³-hybridized carbons (Fsp3) is 0.462. The second kappa shape index (κ2) is 6.85. The van der Waals surface area contributed by atoms with Gasteiger partial charge in [-0.2, -0.15) is 0 Å². The van der Waals surface area contributed by atoms with Crippen LogP contribution in [0.4, 0.5) is 4.39 Å². The van der Waals surface area contributed by atoms with Gasteiger partial charge in [-0.15, -0.1) is 0 Å². The van der Waals surface area contributed by atoms with Gasteiger partial charge in [-0.05, 0) is 37.6 Å². The summed E-state index contributed by atoms with van der Waals surface area (Å²) < 4.78 is 13.9. The van der Waals surface area contributed by atoms with Gasteiger partial charge in [0.2, 0.25) is 5.91 Å². The highest BCUT2D eigenvalue weighted by atomic mass is 79.9. The number of halogens is 2. The molecule has 3 nitrogen and oxygen atoms in total. The van der Waals surface area contributed by atoms with Crippen molar-refractivity contribution >= 4 is 21.8 Å². The van der Waals surface area contributed by atoms with Crippen LogP contribution in [0.2, 0.25) is 0 Å². The molecular formula is C13H18BrFN2O. The van der Waals surface area contributed by atoms with E-state index in [9.17, 15) is 9.18 Å². The lowest BCUT2D eigenvalue weighted by atomic mass is 10.2. The summed E-state index contributed by atoms with van der Waals surface area (Å²) in [7, 11) is 1.77. The number of nitrogens with zero attached hydrogens (tertiary/aromatic N) is 1. The molecule has 100 valence electrons. The Morgan fingerprint density at radius 3 is 2.78 bits per heavy atom. The first-order valence-electron chi connectivity index (χ1n) is 5.82. The second-order valence-corrected chi connectivity index (χ2v) is 5.29. The summed E-state index contributed by atoms with van der Waals surface area (Å²) in [5.74, 6) is -0.252. The summed E-state index contributed by atoms with van der Waals surface area (Å²) in [5.41, 5.74) is 0.801. The standard InChI is InChI=1S/C13H18BrFN2O/c1-9(2)17(3)13(18)8-16-7-10-6-11(15)4-5-12(10)14/h4-6,9,16H,7-8H2,1-3H3. The van der Waals surface area contributed by atoms with Crippen LogP contribution in [-0.4, -0.2) is 30.4 Å². The number of hydrogen-bond donors (Lipinski definition) is 1. The minimum absolute atomic E-state index is 0.0255. The number of carbonyl (C=O) groups excluding carboxylic acids is 1. The Kier molecular flexibility index (Phi) is 5.75. The molecule has 1 rings (SSSR count). The Morgan fingerprint density at radius 1 is 1.50 bits per heavy atom. The number of amides is 1. The maximum absolute atomic E-state index is 13.0. The van der Waals surface area contributed by atoms with Crippen molar-refractivity contribution < 1.29 is 9.18 Å². The first kappa shape index (κ1) is 15.1. The van der Waals surface area contributed by atoms with Gasteiger partial charge in [0.25, 0.3) is 0 Å². The molecule has 1 N–H and O–H groups in total. The van der Waals surface area contributed by atoms with E-state index < -0.39 is 0 Å². The van der Waals surface area contributed by atoms with E-state index in [4.69, 9.17) is 0 Å². The minimum atomic E-state index is -0.277. The molecule has 0 heterocycles. The van der Waals surface area contributed by atoms with Gasteiger partial charge in [-0.25, -0.2) is 4.39 Å². The summed E-state index contributed by atoms with van der Waals surface area (Å²) in [6.07, 6.45) is 0. The quantitative estimate of drug-likeness (QED) is 0.905. The van der Waals surface area contributed by atoms with Gasteiger partial charge < -0.3 is 10.2 Å². The van der Waals surface area contributed by atoms with Gasteiger partial charge in [-0.1, -0.05) is 15.9 Å². The Labute approximate surface area is 115 Å². The van der Waals surface area contributed by atoms with E-state index in [0.717, 1.165) is 10.0 Å². The highest BCUT2D eigenvalue weighted by Crippen LogP contribution is 2.17. The molecule has 18 heavy (non-hydrogen) atoms. The van der Waals surface area contributed by atoms with Gasteiger partial charge >= 0.3 is 0 Å². The van der Waals surface area contributed by atoms with Crippen molar-refractivity contribution in [1.29, 1.82) is 0 Å². The van der Waals surface area contributed by atoms with Crippen molar-refractivity contribution in [3.63, 3.8) is 0 Å². The zero-order chi connectivity index (χ0) is 13.7. The van der Waals surface area contributed by atoms with Crippen molar-refractivity contribution in [3.05, 3.63) is 34.1 Å². The van der Waals surface area contributed by atoms with Crippen LogP contribution in [0.25, 0.3) is 0 Å². The first-order chi connectivity index (χ1) is 8.41. The van der Waals surface area contributed by atoms with E-state index in [0.29, 0.717) is 6.54 Å². The molecule has 1 aromatic rings. The molecule has 1 amide bonds. The van der Waals surface area contributed by atoms with Gasteiger partial charge in [0, 0.05) is 24.1 Å². The molecule has 0 saturated heterocycles. The third-order valence-corrected chi connectivity index (χ3v) is 3.54. The summed E-state index contributed by atoms with van der Waals surface area (Å²) in [4.78, 5) is 13.4. The van der Waals surface area contributed by atoms with E-state index in [-0.39, 0.29) is 24.3 Å². The fourth-order valence-corrected chi connectivity index (χ4v) is 1.78. The van der Waals surface area contributed by atoms with E-state index in [1.54, 1.807) is 18.0 Å². The highest BCUT2D eigenvalue weighted by molar-refractivity contribution is 9.10. The molecule has 1 aromatic carbocycles. The largest absolute Gasteiger partial charge is 0.342 e. The van der Waals surface area contributed by atoms with E-state index in [1.165, 1.54) is 12.1 Å². The predicted octanol–water partition coefficient (Wildman–Crippen LogP) is 2.54. The molecule has 0 fully saturated rings. The normalized spacial score (nSPS) is 10.8. The van der Waals surface area contributed by atoms with E-state index >= 15 is 0 Å². The monoisotopic (exact) mass is 316 g/mol. The SMILES string of the molecule is CC(C)N(C)C(=O)CNCc1cc(F)ccc1Br. The van der Waals surface area contributed by atoms with Crippen molar-refractivity contribution in [2.24, 2.45) is 0 Å². The van der Waals surface area contributed by atoms with Gasteiger partial charge in [0.1, 0.15) is 5.82 Å². The lowest BCUT2D eigenvalue weighted by Crippen LogP contribution is -2.39. The topological polar surface area (TPSA) is 32.3 Å². The molecule has 0 aliphatic heterocycles. The van der Waals surface area contributed by atoms with Crippen LogP contribution in [-0.2, 0) is 11.3 Å². The lowest BCUT2D eigenvalue weighted by molar-refractivity contribution is -0.130. The second-order valence-electron chi connectivity index (χ2n) is 4.44. The van der Waals surface area contributed by atoms with E-state index in [1.807, 2.05) is 13.8 Å². The summed E-state index contributed by atoms with van der Waals surface area (Å²) in [6, 6.07) is 4.69. The van der Waals surface area contributed by atoms with Gasteiger partial charge in [-0.3, -0.25) is 4.79 Å². The van der Waals surface area contributed by atoms with Crippen LogP contribution in [0.5, 0.6) is 0 Å². The van der Waals surface area contributed by atoms with Gasteiger partial charge in [0.05, 0.1) is 6.54 Å². The summed E-state index contributed by atoms with van der Waals surface area (Å²) >= 11 is 3.35. The van der Waals surface area contributed by atoms with Crippen molar-refractivity contribution in [1.82, 2.24) is 10.2 Å².